The minimum atomic E-state index is -0.526. The van der Waals surface area contributed by atoms with Crippen LogP contribution in [0, 0.1) is 23.1 Å². The molecule has 134 valence electrons. The summed E-state index contributed by atoms with van der Waals surface area (Å²) in [5.41, 5.74) is 0.287. The van der Waals surface area contributed by atoms with E-state index in [4.69, 9.17) is 5.26 Å². The van der Waals surface area contributed by atoms with Gasteiger partial charge in [0.1, 0.15) is 17.7 Å². The van der Waals surface area contributed by atoms with Crippen LogP contribution in [-0.4, -0.2) is 17.9 Å². The molecule has 1 atom stereocenters. The average Bonchev–Trinajstić information content (AvgIpc) is 3.10. The zero-order valence-corrected chi connectivity index (χ0v) is 15.8. The summed E-state index contributed by atoms with van der Waals surface area (Å²) in [7, 11) is 1.71. The summed E-state index contributed by atoms with van der Waals surface area (Å²) in [6, 6.07) is 10.3. The summed E-state index contributed by atoms with van der Waals surface area (Å²) in [6.07, 6.45) is 0.340. The highest BCUT2D eigenvalue weighted by Crippen LogP contribution is 2.43. The van der Waals surface area contributed by atoms with Crippen molar-refractivity contribution in [2.45, 2.75) is 25.8 Å². The molecular weight excluding hydrogens is 349 g/mol. The third kappa shape index (κ3) is 2.89. The Hall–Kier alpha value is -2.65. The van der Waals surface area contributed by atoms with E-state index in [1.807, 2.05) is 18.2 Å². The summed E-state index contributed by atoms with van der Waals surface area (Å²) in [5.74, 6) is 0.237. The van der Waals surface area contributed by atoms with E-state index in [0.717, 1.165) is 15.3 Å². The molecule has 2 aromatic rings. The van der Waals surface area contributed by atoms with Gasteiger partial charge in [0, 0.05) is 16.8 Å². The van der Waals surface area contributed by atoms with Crippen LogP contribution in [0.4, 0.5) is 4.39 Å². The summed E-state index contributed by atoms with van der Waals surface area (Å²) in [5, 5.41) is 12.5. The van der Waals surface area contributed by atoms with Crippen LogP contribution >= 0.6 is 11.3 Å². The Bertz CT molecular complexity index is 907. The molecule has 0 radical (unpaired) electrons. The van der Waals surface area contributed by atoms with Crippen molar-refractivity contribution in [3.8, 4) is 16.5 Å². The van der Waals surface area contributed by atoms with E-state index < -0.39 is 11.4 Å². The van der Waals surface area contributed by atoms with Crippen LogP contribution in [-0.2, 0) is 10.3 Å². The third-order valence-corrected chi connectivity index (χ3v) is 6.29. The zero-order valence-electron chi connectivity index (χ0n) is 15.0. The van der Waals surface area contributed by atoms with Gasteiger partial charge in [-0.3, -0.25) is 4.79 Å². The predicted molar refractivity (Wildman–Crippen MR) is 101 cm³/mol. The number of nitrogens with zero attached hydrogens (tertiary/aromatic N) is 2. The molecule has 3 rings (SSSR count). The van der Waals surface area contributed by atoms with Crippen molar-refractivity contribution in [3.05, 3.63) is 59.0 Å². The fraction of sp³-hybridized carbons (Fsp3) is 0.300. The molecule has 1 amide bonds. The van der Waals surface area contributed by atoms with Gasteiger partial charge >= 0.3 is 0 Å². The summed E-state index contributed by atoms with van der Waals surface area (Å²) in [6.45, 7) is 8.11. The number of rotatable bonds is 3. The number of hydrogen-bond acceptors (Lipinski definition) is 4. The quantitative estimate of drug-likeness (QED) is 0.882. The Morgan fingerprint density at radius 1 is 1.38 bits per heavy atom. The molecule has 0 aliphatic carbocycles. The number of carbonyl (C=O) groups excluding carboxylic acids is 1. The van der Waals surface area contributed by atoms with Crippen molar-refractivity contribution in [2.75, 3.05) is 7.05 Å². The van der Waals surface area contributed by atoms with Gasteiger partial charge in [-0.25, -0.2) is 4.39 Å². The van der Waals surface area contributed by atoms with E-state index in [0.29, 0.717) is 12.2 Å². The number of thiophene rings is 1. The van der Waals surface area contributed by atoms with Crippen LogP contribution in [0.5, 0.6) is 0 Å². The van der Waals surface area contributed by atoms with Gasteiger partial charge in [-0.1, -0.05) is 26.5 Å². The highest BCUT2D eigenvalue weighted by atomic mass is 32.1. The first kappa shape index (κ1) is 18.2. The van der Waals surface area contributed by atoms with E-state index in [1.54, 1.807) is 30.5 Å². The SMILES string of the molecule is C=C1NC(c2ccc(-c3ccc(F)c(C#N)c3)s2)(C(C)C)CC(=O)N1C. The molecule has 1 aliphatic heterocycles. The summed E-state index contributed by atoms with van der Waals surface area (Å²) < 4.78 is 13.6. The molecular formula is C20H20FN3OS. The lowest BCUT2D eigenvalue weighted by Crippen LogP contribution is -2.56. The Morgan fingerprint density at radius 2 is 2.12 bits per heavy atom. The van der Waals surface area contributed by atoms with Crippen molar-refractivity contribution in [1.82, 2.24) is 10.2 Å². The fourth-order valence-corrected chi connectivity index (χ4v) is 4.47. The molecule has 0 spiro atoms. The van der Waals surface area contributed by atoms with E-state index in [2.05, 4.69) is 25.7 Å². The first-order chi connectivity index (χ1) is 12.3. The molecule has 1 unspecified atom stereocenters. The molecule has 2 heterocycles. The molecule has 1 aromatic heterocycles. The molecule has 1 N–H and O–H groups in total. The molecule has 1 fully saturated rings. The Morgan fingerprint density at radius 3 is 2.73 bits per heavy atom. The first-order valence-electron chi connectivity index (χ1n) is 8.32. The summed E-state index contributed by atoms with van der Waals surface area (Å²) in [4.78, 5) is 15.9. The van der Waals surface area contributed by atoms with Crippen LogP contribution < -0.4 is 5.32 Å². The lowest BCUT2D eigenvalue weighted by molar-refractivity contribution is -0.133. The molecule has 1 aromatic carbocycles. The number of benzene rings is 1. The summed E-state index contributed by atoms with van der Waals surface area (Å²) >= 11 is 1.54. The van der Waals surface area contributed by atoms with Crippen molar-refractivity contribution < 1.29 is 9.18 Å². The van der Waals surface area contributed by atoms with Crippen molar-refractivity contribution in [2.24, 2.45) is 5.92 Å². The minimum Gasteiger partial charge on any atom is -0.361 e. The zero-order chi connectivity index (χ0) is 19.1. The number of nitriles is 1. The van der Waals surface area contributed by atoms with Gasteiger partial charge in [0.05, 0.1) is 17.5 Å². The second kappa shape index (κ2) is 6.58. The maximum absolute atomic E-state index is 13.6. The Labute approximate surface area is 156 Å². The van der Waals surface area contributed by atoms with E-state index in [9.17, 15) is 9.18 Å². The Balaban J connectivity index is 2.03. The molecule has 6 heteroatoms. The largest absolute Gasteiger partial charge is 0.361 e. The standard InChI is InChI=1S/C20H20FN3OS/c1-12(2)20(10-19(25)24(4)13(3)23-20)18-8-7-17(26-18)14-5-6-16(21)15(9-14)11-22/h5-9,12,23H,3,10H2,1-2,4H3. The maximum Gasteiger partial charge on any atom is 0.230 e. The van der Waals surface area contributed by atoms with Crippen LogP contribution in [0.25, 0.3) is 10.4 Å². The molecule has 0 saturated carbocycles. The normalized spacial score (nSPS) is 20.2. The van der Waals surface area contributed by atoms with Gasteiger partial charge in [0.2, 0.25) is 5.91 Å². The van der Waals surface area contributed by atoms with Crippen molar-refractivity contribution in [3.63, 3.8) is 0 Å². The highest BCUT2D eigenvalue weighted by molar-refractivity contribution is 7.15. The lowest BCUT2D eigenvalue weighted by Gasteiger charge is -2.45. The predicted octanol–water partition coefficient (Wildman–Crippen LogP) is 4.20. The van der Waals surface area contributed by atoms with Gasteiger partial charge in [0.15, 0.2) is 0 Å². The van der Waals surface area contributed by atoms with Gasteiger partial charge < -0.3 is 10.2 Å². The maximum atomic E-state index is 13.6. The first-order valence-corrected chi connectivity index (χ1v) is 9.14. The molecule has 0 bridgehead atoms. The molecule has 26 heavy (non-hydrogen) atoms. The van der Waals surface area contributed by atoms with Crippen LogP contribution in [0.15, 0.2) is 42.7 Å². The smallest absolute Gasteiger partial charge is 0.230 e. The minimum absolute atomic E-state index is 0.0194. The van der Waals surface area contributed by atoms with Crippen molar-refractivity contribution in [1.29, 1.82) is 5.26 Å². The lowest BCUT2D eigenvalue weighted by atomic mass is 9.80. The fourth-order valence-electron chi connectivity index (χ4n) is 3.17. The monoisotopic (exact) mass is 369 g/mol. The number of hydrogen-bond donors (Lipinski definition) is 1. The molecule has 4 nitrogen and oxygen atoms in total. The van der Waals surface area contributed by atoms with Gasteiger partial charge in [-0.2, -0.15) is 5.26 Å². The van der Waals surface area contributed by atoms with Crippen LogP contribution in [0.1, 0.15) is 30.7 Å². The van der Waals surface area contributed by atoms with E-state index in [1.165, 1.54) is 11.0 Å². The average molecular weight is 369 g/mol. The number of halogens is 1. The third-order valence-electron chi connectivity index (χ3n) is 4.98. The topological polar surface area (TPSA) is 56.1 Å². The second-order valence-electron chi connectivity index (χ2n) is 6.80. The van der Waals surface area contributed by atoms with Gasteiger partial charge in [0.25, 0.3) is 0 Å². The number of amides is 1. The van der Waals surface area contributed by atoms with Gasteiger partial charge in [-0.05, 0) is 35.7 Å². The van der Waals surface area contributed by atoms with Crippen LogP contribution in [0.3, 0.4) is 0 Å². The van der Waals surface area contributed by atoms with Gasteiger partial charge in [-0.15, -0.1) is 11.3 Å². The van der Waals surface area contributed by atoms with E-state index in [-0.39, 0.29) is 17.4 Å². The van der Waals surface area contributed by atoms with Crippen molar-refractivity contribution >= 4 is 17.2 Å². The van der Waals surface area contributed by atoms with E-state index >= 15 is 0 Å². The second-order valence-corrected chi connectivity index (χ2v) is 7.88. The number of carbonyl (C=O) groups is 1. The molecule has 1 aliphatic rings. The van der Waals surface area contributed by atoms with Crippen LogP contribution in [0.2, 0.25) is 0 Å². The number of nitrogens with one attached hydrogen (secondary N) is 1. The Kier molecular flexibility index (Phi) is 4.59. The highest BCUT2D eigenvalue weighted by Gasteiger charge is 2.44. The molecule has 1 saturated heterocycles.